The predicted octanol–water partition coefficient (Wildman–Crippen LogP) is 2.54. The summed E-state index contributed by atoms with van der Waals surface area (Å²) in [7, 11) is 0. The molecule has 25 heavy (non-hydrogen) atoms. The number of hydrogen-bond acceptors (Lipinski definition) is 4. The first-order valence-electron chi connectivity index (χ1n) is 7.72. The number of H-pyrrole nitrogens is 1. The Kier molecular flexibility index (Phi) is 5.59. The summed E-state index contributed by atoms with van der Waals surface area (Å²) in [5, 5.41) is 18.7. The lowest BCUT2D eigenvalue weighted by molar-refractivity contribution is -0.139. The molecule has 0 bridgehead atoms. The number of aromatic nitrogens is 2. The summed E-state index contributed by atoms with van der Waals surface area (Å²) in [5.41, 5.74) is 2.83. The number of hydrogen-bond donors (Lipinski definition) is 3. The quantitative estimate of drug-likeness (QED) is 0.670. The van der Waals surface area contributed by atoms with Crippen LogP contribution in [0.2, 0.25) is 0 Å². The van der Waals surface area contributed by atoms with Crippen molar-refractivity contribution in [3.8, 4) is 5.75 Å². The number of nitrogens with zero attached hydrogens (tertiary/aromatic N) is 1. The van der Waals surface area contributed by atoms with E-state index in [-0.39, 0.29) is 0 Å². The molecule has 1 atom stereocenters. The van der Waals surface area contributed by atoms with Gasteiger partial charge in [0, 0.05) is 16.8 Å². The normalized spacial score (nSPS) is 11.6. The van der Waals surface area contributed by atoms with Gasteiger partial charge in [0.25, 0.3) is 5.91 Å². The summed E-state index contributed by atoms with van der Waals surface area (Å²) in [6, 6.07) is 5.29. The number of carbonyl (C=O) groups is 2. The number of nitrogens with one attached hydrogen (secondary N) is 2. The van der Waals surface area contributed by atoms with E-state index in [1.807, 2.05) is 6.92 Å². The lowest BCUT2D eigenvalue weighted by Gasteiger charge is -2.15. The number of benzene rings is 1. The molecule has 0 radical (unpaired) electrons. The Hall–Kier alpha value is -3.09. The van der Waals surface area contributed by atoms with Crippen molar-refractivity contribution in [2.45, 2.75) is 26.8 Å². The van der Waals surface area contributed by atoms with Crippen LogP contribution in [0.1, 0.15) is 40.3 Å². The number of amides is 1. The van der Waals surface area contributed by atoms with Gasteiger partial charge in [-0.3, -0.25) is 9.89 Å². The van der Waals surface area contributed by atoms with E-state index in [0.717, 1.165) is 5.57 Å². The topological polar surface area (TPSA) is 104 Å². The predicted molar refractivity (Wildman–Crippen MR) is 92.7 cm³/mol. The molecule has 1 heterocycles. The van der Waals surface area contributed by atoms with Crippen LogP contribution < -0.4 is 10.1 Å². The summed E-state index contributed by atoms with van der Waals surface area (Å²) in [6.07, 6.45) is 0. The number of carboxylic acids is 1. The molecule has 0 saturated carbocycles. The third kappa shape index (κ3) is 4.47. The molecule has 0 aliphatic rings. The van der Waals surface area contributed by atoms with Gasteiger partial charge in [0.2, 0.25) is 0 Å². The number of aliphatic carboxylic acids is 1. The van der Waals surface area contributed by atoms with Gasteiger partial charge in [-0.05, 0) is 50.6 Å². The SMILES string of the molecule is C=C(C)COc1ccc(C(=O)N[C@H](C(=O)O)c2c(C)n[nH]c2C)cc1. The van der Waals surface area contributed by atoms with Gasteiger partial charge in [-0.25, -0.2) is 4.79 Å². The fraction of sp³-hybridized carbons (Fsp3) is 0.278. The number of ether oxygens (including phenoxy) is 1. The number of aromatic amines is 1. The first-order valence-corrected chi connectivity index (χ1v) is 7.72. The Balaban J connectivity index is 2.14. The number of carboxylic acid groups (broad SMARTS) is 1. The molecule has 2 rings (SSSR count). The summed E-state index contributed by atoms with van der Waals surface area (Å²) >= 11 is 0. The van der Waals surface area contributed by atoms with Gasteiger partial charge in [-0.15, -0.1) is 0 Å². The fourth-order valence-electron chi connectivity index (χ4n) is 2.37. The van der Waals surface area contributed by atoms with Crippen LogP contribution in [0.4, 0.5) is 0 Å². The largest absolute Gasteiger partial charge is 0.489 e. The Morgan fingerprint density at radius 3 is 2.44 bits per heavy atom. The van der Waals surface area contributed by atoms with Crippen LogP contribution >= 0.6 is 0 Å². The molecule has 0 aliphatic heterocycles. The Morgan fingerprint density at radius 2 is 1.96 bits per heavy atom. The van der Waals surface area contributed by atoms with E-state index in [9.17, 15) is 14.7 Å². The lowest BCUT2D eigenvalue weighted by Crippen LogP contribution is -2.34. The second-order valence-corrected chi connectivity index (χ2v) is 5.86. The third-order valence-corrected chi connectivity index (χ3v) is 3.60. The molecule has 0 fully saturated rings. The van der Waals surface area contributed by atoms with Gasteiger partial charge in [-0.1, -0.05) is 6.58 Å². The first-order chi connectivity index (χ1) is 11.8. The highest BCUT2D eigenvalue weighted by Gasteiger charge is 2.27. The van der Waals surface area contributed by atoms with E-state index < -0.39 is 17.9 Å². The minimum absolute atomic E-state index is 0.340. The van der Waals surface area contributed by atoms with E-state index in [2.05, 4.69) is 22.1 Å². The van der Waals surface area contributed by atoms with Gasteiger partial charge < -0.3 is 15.2 Å². The van der Waals surface area contributed by atoms with Crippen molar-refractivity contribution in [1.82, 2.24) is 15.5 Å². The van der Waals surface area contributed by atoms with Crippen LogP contribution in [0.5, 0.6) is 5.75 Å². The van der Waals surface area contributed by atoms with E-state index in [4.69, 9.17) is 4.74 Å². The molecule has 2 aromatic rings. The van der Waals surface area contributed by atoms with Crippen LogP contribution in [-0.2, 0) is 4.79 Å². The summed E-state index contributed by atoms with van der Waals surface area (Å²) in [5.74, 6) is -1.03. The minimum Gasteiger partial charge on any atom is -0.489 e. The van der Waals surface area contributed by atoms with Gasteiger partial charge in [-0.2, -0.15) is 5.10 Å². The smallest absolute Gasteiger partial charge is 0.331 e. The second kappa shape index (κ2) is 7.65. The molecule has 0 unspecified atom stereocenters. The summed E-state index contributed by atoms with van der Waals surface area (Å²) < 4.78 is 5.47. The van der Waals surface area contributed by atoms with E-state index in [0.29, 0.717) is 34.9 Å². The van der Waals surface area contributed by atoms with Gasteiger partial charge in [0.05, 0.1) is 5.69 Å². The highest BCUT2D eigenvalue weighted by atomic mass is 16.5. The van der Waals surface area contributed by atoms with E-state index >= 15 is 0 Å². The summed E-state index contributed by atoms with van der Waals surface area (Å²) in [6.45, 7) is 9.40. The van der Waals surface area contributed by atoms with Gasteiger partial charge >= 0.3 is 5.97 Å². The number of rotatable bonds is 7. The monoisotopic (exact) mass is 343 g/mol. The molecule has 1 aromatic carbocycles. The maximum Gasteiger partial charge on any atom is 0.331 e. The lowest BCUT2D eigenvalue weighted by atomic mass is 10.0. The zero-order chi connectivity index (χ0) is 18.6. The molecule has 0 aliphatic carbocycles. The van der Waals surface area contributed by atoms with Crippen molar-refractivity contribution in [2.24, 2.45) is 0 Å². The van der Waals surface area contributed by atoms with Crippen molar-refractivity contribution < 1.29 is 19.4 Å². The van der Waals surface area contributed by atoms with Crippen LogP contribution in [0.25, 0.3) is 0 Å². The van der Waals surface area contributed by atoms with Crippen LogP contribution in [0.15, 0.2) is 36.4 Å². The molecule has 3 N–H and O–H groups in total. The number of carbonyl (C=O) groups excluding carboxylic acids is 1. The maximum absolute atomic E-state index is 12.4. The van der Waals surface area contributed by atoms with Crippen LogP contribution in [0, 0.1) is 13.8 Å². The average molecular weight is 343 g/mol. The Labute approximate surface area is 145 Å². The number of aryl methyl sites for hydroxylation is 2. The minimum atomic E-state index is -1.18. The third-order valence-electron chi connectivity index (χ3n) is 3.60. The van der Waals surface area contributed by atoms with Crippen molar-refractivity contribution >= 4 is 11.9 Å². The molecule has 132 valence electrons. The molecule has 7 nitrogen and oxygen atoms in total. The highest BCUT2D eigenvalue weighted by Crippen LogP contribution is 2.21. The Morgan fingerprint density at radius 1 is 1.32 bits per heavy atom. The summed E-state index contributed by atoms with van der Waals surface area (Å²) in [4.78, 5) is 24.0. The second-order valence-electron chi connectivity index (χ2n) is 5.86. The fourth-order valence-corrected chi connectivity index (χ4v) is 2.37. The molecule has 1 aromatic heterocycles. The molecular weight excluding hydrogens is 322 g/mol. The molecule has 0 saturated heterocycles. The first kappa shape index (κ1) is 18.3. The molecule has 7 heteroatoms. The van der Waals surface area contributed by atoms with Gasteiger partial charge in [0.1, 0.15) is 12.4 Å². The van der Waals surface area contributed by atoms with Crippen LogP contribution in [0.3, 0.4) is 0 Å². The standard InChI is InChI=1S/C18H21N3O4/c1-10(2)9-25-14-7-5-13(6-8-14)17(22)19-16(18(23)24)15-11(3)20-21-12(15)4/h5-8,16H,1,9H2,2-4H3,(H,19,22)(H,20,21)(H,23,24)/t16-/m0/s1. The van der Waals surface area contributed by atoms with E-state index in [1.54, 1.807) is 38.1 Å². The molecule has 1 amide bonds. The van der Waals surface area contributed by atoms with Crippen molar-refractivity contribution in [3.05, 3.63) is 58.9 Å². The van der Waals surface area contributed by atoms with E-state index in [1.165, 1.54) is 0 Å². The average Bonchev–Trinajstić information content (AvgIpc) is 2.89. The maximum atomic E-state index is 12.4. The molecular formula is C18H21N3O4. The highest BCUT2D eigenvalue weighted by molar-refractivity contribution is 5.97. The van der Waals surface area contributed by atoms with Gasteiger partial charge in [0.15, 0.2) is 6.04 Å². The zero-order valence-corrected chi connectivity index (χ0v) is 14.4. The Bertz CT molecular complexity index is 774. The van der Waals surface area contributed by atoms with Crippen molar-refractivity contribution in [3.63, 3.8) is 0 Å². The zero-order valence-electron chi connectivity index (χ0n) is 14.4. The van der Waals surface area contributed by atoms with Crippen molar-refractivity contribution in [1.29, 1.82) is 0 Å². The van der Waals surface area contributed by atoms with Crippen LogP contribution in [-0.4, -0.2) is 33.8 Å². The van der Waals surface area contributed by atoms with Crippen molar-refractivity contribution in [2.75, 3.05) is 6.61 Å². The molecule has 0 spiro atoms.